The van der Waals surface area contributed by atoms with Crippen LogP contribution in [0.25, 0.3) is 10.8 Å². The van der Waals surface area contributed by atoms with Gasteiger partial charge in [-0.25, -0.2) is 0 Å². The number of benzene rings is 2. The van der Waals surface area contributed by atoms with Crippen LogP contribution >= 0.6 is 12.4 Å². The van der Waals surface area contributed by atoms with Gasteiger partial charge in [0.1, 0.15) is 0 Å². The van der Waals surface area contributed by atoms with Crippen LogP contribution in [0.3, 0.4) is 0 Å². The molecule has 5 nitrogen and oxygen atoms in total. The third-order valence-corrected chi connectivity index (χ3v) is 4.45. The SMILES string of the molecule is CC(N)CCNC(=O)C1CC(=O)N(c2cccc3ccccc23)C1.Cl. The van der Waals surface area contributed by atoms with Gasteiger partial charge in [0.25, 0.3) is 0 Å². The van der Waals surface area contributed by atoms with E-state index in [1.807, 2.05) is 49.4 Å². The number of hydrogen-bond donors (Lipinski definition) is 2. The first-order valence-corrected chi connectivity index (χ1v) is 8.37. The van der Waals surface area contributed by atoms with Gasteiger partial charge in [-0.05, 0) is 24.8 Å². The van der Waals surface area contributed by atoms with E-state index in [1.165, 1.54) is 0 Å². The molecule has 2 aromatic rings. The fraction of sp³-hybridized carbons (Fsp3) is 0.368. The van der Waals surface area contributed by atoms with Crippen LogP contribution in [0, 0.1) is 5.92 Å². The number of carbonyl (C=O) groups excluding carboxylic acids is 2. The predicted molar refractivity (Wildman–Crippen MR) is 103 cm³/mol. The second kappa shape index (κ2) is 8.32. The number of carbonyl (C=O) groups is 2. The van der Waals surface area contributed by atoms with Gasteiger partial charge in [0.15, 0.2) is 0 Å². The highest BCUT2D eigenvalue weighted by Crippen LogP contribution is 2.31. The largest absolute Gasteiger partial charge is 0.356 e. The summed E-state index contributed by atoms with van der Waals surface area (Å²) < 4.78 is 0. The molecule has 0 bridgehead atoms. The summed E-state index contributed by atoms with van der Waals surface area (Å²) in [5, 5.41) is 5.01. The molecule has 25 heavy (non-hydrogen) atoms. The average molecular weight is 362 g/mol. The molecule has 1 heterocycles. The third kappa shape index (κ3) is 4.30. The molecule has 0 aliphatic carbocycles. The van der Waals surface area contributed by atoms with Crippen LogP contribution in [-0.4, -0.2) is 30.9 Å². The number of nitrogens with one attached hydrogen (secondary N) is 1. The van der Waals surface area contributed by atoms with Crippen molar-refractivity contribution in [3.8, 4) is 0 Å². The normalized spacial score (nSPS) is 18.1. The Morgan fingerprint density at radius 3 is 2.76 bits per heavy atom. The molecule has 134 valence electrons. The van der Waals surface area contributed by atoms with Crippen LogP contribution < -0.4 is 16.0 Å². The standard InChI is InChI=1S/C19H23N3O2.ClH/c1-13(20)9-10-21-19(24)15-11-18(23)22(12-15)17-8-4-6-14-5-2-3-7-16(14)17;/h2-8,13,15H,9-12,20H2,1H3,(H,21,24);1H. The second-order valence-electron chi connectivity index (χ2n) is 6.46. The van der Waals surface area contributed by atoms with Crippen LogP contribution in [0.1, 0.15) is 19.8 Å². The first kappa shape index (κ1) is 19.2. The van der Waals surface area contributed by atoms with Crippen molar-refractivity contribution in [3.05, 3.63) is 42.5 Å². The summed E-state index contributed by atoms with van der Waals surface area (Å²) in [7, 11) is 0. The van der Waals surface area contributed by atoms with Crippen LogP contribution in [0.4, 0.5) is 5.69 Å². The van der Waals surface area contributed by atoms with Crippen molar-refractivity contribution < 1.29 is 9.59 Å². The minimum absolute atomic E-state index is 0. The number of nitrogens with two attached hydrogens (primary N) is 1. The van der Waals surface area contributed by atoms with E-state index >= 15 is 0 Å². The van der Waals surface area contributed by atoms with Crippen molar-refractivity contribution in [2.24, 2.45) is 11.7 Å². The van der Waals surface area contributed by atoms with E-state index in [0.29, 0.717) is 13.1 Å². The molecule has 3 rings (SSSR count). The van der Waals surface area contributed by atoms with Crippen LogP contribution in [-0.2, 0) is 9.59 Å². The molecule has 0 spiro atoms. The van der Waals surface area contributed by atoms with E-state index in [1.54, 1.807) is 4.90 Å². The lowest BCUT2D eigenvalue weighted by Crippen LogP contribution is -2.35. The molecule has 2 amide bonds. The van der Waals surface area contributed by atoms with E-state index in [9.17, 15) is 9.59 Å². The van der Waals surface area contributed by atoms with Crippen LogP contribution in [0.5, 0.6) is 0 Å². The monoisotopic (exact) mass is 361 g/mol. The van der Waals surface area contributed by atoms with E-state index in [0.717, 1.165) is 22.9 Å². The maximum atomic E-state index is 12.4. The molecule has 2 unspecified atom stereocenters. The summed E-state index contributed by atoms with van der Waals surface area (Å²) in [5.74, 6) is -0.366. The molecule has 1 saturated heterocycles. The zero-order valence-corrected chi connectivity index (χ0v) is 15.1. The summed E-state index contributed by atoms with van der Waals surface area (Å²) in [6.45, 7) is 2.89. The summed E-state index contributed by atoms with van der Waals surface area (Å²) in [6, 6.07) is 13.9. The predicted octanol–water partition coefficient (Wildman–Crippen LogP) is 2.47. The van der Waals surface area contributed by atoms with Gasteiger partial charge in [-0.15, -0.1) is 12.4 Å². The Morgan fingerprint density at radius 1 is 1.28 bits per heavy atom. The number of hydrogen-bond acceptors (Lipinski definition) is 3. The smallest absolute Gasteiger partial charge is 0.227 e. The molecular formula is C19H24ClN3O2. The number of fused-ring (bicyclic) bond motifs is 1. The topological polar surface area (TPSA) is 75.4 Å². The van der Waals surface area contributed by atoms with Crippen LogP contribution in [0.15, 0.2) is 42.5 Å². The minimum Gasteiger partial charge on any atom is -0.356 e. The highest BCUT2D eigenvalue weighted by molar-refractivity contribution is 6.06. The van der Waals surface area contributed by atoms with Gasteiger partial charge in [-0.1, -0.05) is 36.4 Å². The molecule has 1 aliphatic heterocycles. The molecule has 6 heteroatoms. The molecule has 1 fully saturated rings. The summed E-state index contributed by atoms with van der Waals surface area (Å²) in [6.07, 6.45) is 0.993. The van der Waals surface area contributed by atoms with Crippen LogP contribution in [0.2, 0.25) is 0 Å². The fourth-order valence-corrected chi connectivity index (χ4v) is 3.13. The van der Waals surface area contributed by atoms with Crippen molar-refractivity contribution in [3.63, 3.8) is 0 Å². The molecule has 0 saturated carbocycles. The van der Waals surface area contributed by atoms with Gasteiger partial charge in [0.05, 0.1) is 11.6 Å². The number of nitrogens with zero attached hydrogens (tertiary/aromatic N) is 1. The summed E-state index contributed by atoms with van der Waals surface area (Å²) in [4.78, 5) is 26.5. The maximum Gasteiger partial charge on any atom is 0.227 e. The first-order valence-electron chi connectivity index (χ1n) is 8.37. The summed E-state index contributed by atoms with van der Waals surface area (Å²) in [5.41, 5.74) is 6.57. The Kier molecular flexibility index (Phi) is 6.39. The number of anilines is 1. The quantitative estimate of drug-likeness (QED) is 0.859. The van der Waals surface area contributed by atoms with E-state index in [2.05, 4.69) is 5.32 Å². The molecule has 0 radical (unpaired) electrons. The average Bonchev–Trinajstić information content (AvgIpc) is 2.95. The van der Waals surface area contributed by atoms with E-state index in [-0.39, 0.29) is 42.6 Å². The summed E-state index contributed by atoms with van der Waals surface area (Å²) >= 11 is 0. The highest BCUT2D eigenvalue weighted by Gasteiger charge is 2.35. The zero-order valence-electron chi connectivity index (χ0n) is 14.3. The van der Waals surface area contributed by atoms with Gasteiger partial charge in [0.2, 0.25) is 11.8 Å². The lowest BCUT2D eigenvalue weighted by molar-refractivity contribution is -0.126. The van der Waals surface area contributed by atoms with Gasteiger partial charge in [-0.3, -0.25) is 9.59 Å². The lowest BCUT2D eigenvalue weighted by Gasteiger charge is -2.19. The third-order valence-electron chi connectivity index (χ3n) is 4.45. The number of amides is 2. The van der Waals surface area contributed by atoms with Crippen molar-refractivity contribution in [1.29, 1.82) is 0 Å². The Balaban J connectivity index is 0.00000225. The van der Waals surface area contributed by atoms with Crippen molar-refractivity contribution in [2.75, 3.05) is 18.0 Å². The van der Waals surface area contributed by atoms with E-state index in [4.69, 9.17) is 5.73 Å². The maximum absolute atomic E-state index is 12.4. The van der Waals surface area contributed by atoms with Crippen molar-refractivity contribution in [2.45, 2.75) is 25.8 Å². The molecule has 2 atom stereocenters. The molecule has 0 aromatic heterocycles. The molecular weight excluding hydrogens is 338 g/mol. The molecule has 2 aromatic carbocycles. The Morgan fingerprint density at radius 2 is 2.00 bits per heavy atom. The minimum atomic E-state index is -0.301. The number of rotatable bonds is 5. The zero-order chi connectivity index (χ0) is 17.1. The first-order chi connectivity index (χ1) is 11.6. The van der Waals surface area contributed by atoms with E-state index < -0.39 is 0 Å². The second-order valence-corrected chi connectivity index (χ2v) is 6.46. The Bertz CT molecular complexity index is 758. The van der Waals surface area contributed by atoms with Gasteiger partial charge < -0.3 is 16.0 Å². The van der Waals surface area contributed by atoms with Crippen molar-refractivity contribution in [1.82, 2.24) is 5.32 Å². The Labute approximate surface area is 154 Å². The molecule has 1 aliphatic rings. The highest BCUT2D eigenvalue weighted by atomic mass is 35.5. The lowest BCUT2D eigenvalue weighted by atomic mass is 10.1. The van der Waals surface area contributed by atoms with Gasteiger partial charge in [0, 0.05) is 30.9 Å². The number of halogens is 1. The van der Waals surface area contributed by atoms with Crippen molar-refractivity contribution >= 4 is 40.7 Å². The molecule has 3 N–H and O–H groups in total. The fourth-order valence-electron chi connectivity index (χ4n) is 3.13. The van der Waals surface area contributed by atoms with Gasteiger partial charge >= 0.3 is 0 Å². The Hall–Kier alpha value is -2.11. The van der Waals surface area contributed by atoms with Gasteiger partial charge in [-0.2, -0.15) is 0 Å².